The molecular formula is C8H5ClFN. The Balaban J connectivity index is 3.40. The zero-order valence-electron chi connectivity index (χ0n) is 5.86. The molecular weight excluding hydrogens is 165 g/mol. The number of benzene rings is 1. The van der Waals surface area contributed by atoms with Crippen molar-refractivity contribution in [1.29, 1.82) is 5.26 Å². The highest BCUT2D eigenvalue weighted by Gasteiger charge is 2.07. The molecule has 0 atom stereocenters. The summed E-state index contributed by atoms with van der Waals surface area (Å²) in [6.45, 7) is 1.60. The van der Waals surface area contributed by atoms with Crippen molar-refractivity contribution < 1.29 is 4.39 Å². The second-order valence-corrected chi connectivity index (χ2v) is 2.55. The van der Waals surface area contributed by atoms with Crippen LogP contribution in [0.2, 0.25) is 5.02 Å². The van der Waals surface area contributed by atoms with Crippen molar-refractivity contribution in [3.63, 3.8) is 0 Å². The molecule has 0 radical (unpaired) electrons. The first kappa shape index (κ1) is 8.03. The van der Waals surface area contributed by atoms with Gasteiger partial charge in [0.25, 0.3) is 0 Å². The number of hydrogen-bond donors (Lipinski definition) is 0. The van der Waals surface area contributed by atoms with Crippen LogP contribution in [-0.4, -0.2) is 0 Å². The maximum Gasteiger partial charge on any atom is 0.146 e. The number of aryl methyl sites for hydroxylation is 1. The van der Waals surface area contributed by atoms with E-state index in [1.165, 1.54) is 12.1 Å². The Labute approximate surface area is 69.0 Å². The van der Waals surface area contributed by atoms with E-state index in [1.54, 1.807) is 13.0 Å². The second kappa shape index (κ2) is 2.89. The molecule has 3 heteroatoms. The van der Waals surface area contributed by atoms with Gasteiger partial charge < -0.3 is 0 Å². The Morgan fingerprint density at radius 3 is 2.73 bits per heavy atom. The average molecular weight is 170 g/mol. The maximum atomic E-state index is 12.9. The monoisotopic (exact) mass is 169 g/mol. The molecule has 1 aromatic rings. The van der Waals surface area contributed by atoms with Crippen molar-refractivity contribution in [2.24, 2.45) is 0 Å². The van der Waals surface area contributed by atoms with E-state index in [9.17, 15) is 4.39 Å². The molecule has 1 rings (SSSR count). The molecule has 0 spiro atoms. The third kappa shape index (κ3) is 1.33. The lowest BCUT2D eigenvalue weighted by molar-refractivity contribution is 0.618. The average Bonchev–Trinajstić information content (AvgIpc) is 2.01. The maximum absolute atomic E-state index is 12.9. The summed E-state index contributed by atoms with van der Waals surface area (Å²) in [6, 6.07) is 4.82. The fourth-order valence-electron chi connectivity index (χ4n) is 0.732. The van der Waals surface area contributed by atoms with Crippen LogP contribution >= 0.6 is 11.6 Å². The Morgan fingerprint density at radius 1 is 1.55 bits per heavy atom. The zero-order valence-corrected chi connectivity index (χ0v) is 6.61. The van der Waals surface area contributed by atoms with Crippen LogP contribution in [0.3, 0.4) is 0 Å². The molecule has 1 nitrogen and oxygen atoms in total. The minimum Gasteiger partial charge on any atom is -0.205 e. The van der Waals surface area contributed by atoms with Gasteiger partial charge in [-0.25, -0.2) is 4.39 Å². The van der Waals surface area contributed by atoms with E-state index in [2.05, 4.69) is 0 Å². The molecule has 0 saturated carbocycles. The molecule has 56 valence electrons. The normalized spacial score (nSPS) is 9.27. The Bertz CT molecular complexity index is 328. The van der Waals surface area contributed by atoms with Crippen LogP contribution in [0, 0.1) is 24.1 Å². The van der Waals surface area contributed by atoms with Gasteiger partial charge in [0.2, 0.25) is 0 Å². The van der Waals surface area contributed by atoms with E-state index >= 15 is 0 Å². The van der Waals surface area contributed by atoms with E-state index in [4.69, 9.17) is 16.9 Å². The summed E-state index contributed by atoms with van der Waals surface area (Å²) in [5, 5.41) is 8.34. The number of nitriles is 1. The van der Waals surface area contributed by atoms with E-state index in [0.717, 1.165) is 0 Å². The van der Waals surface area contributed by atoms with Crippen molar-refractivity contribution in [2.75, 3.05) is 0 Å². The molecule has 0 aromatic heterocycles. The lowest BCUT2D eigenvalue weighted by Crippen LogP contribution is -1.86. The Kier molecular flexibility index (Phi) is 2.11. The van der Waals surface area contributed by atoms with Gasteiger partial charge in [0, 0.05) is 0 Å². The van der Waals surface area contributed by atoms with E-state index < -0.39 is 5.82 Å². The molecule has 0 bridgehead atoms. The molecule has 0 aliphatic rings. The van der Waals surface area contributed by atoms with Crippen LogP contribution in [-0.2, 0) is 0 Å². The molecule has 11 heavy (non-hydrogen) atoms. The third-order valence-electron chi connectivity index (χ3n) is 1.40. The van der Waals surface area contributed by atoms with Crippen molar-refractivity contribution in [3.8, 4) is 6.07 Å². The molecule has 0 aliphatic heterocycles. The van der Waals surface area contributed by atoms with Crippen LogP contribution in [0.25, 0.3) is 0 Å². The first-order chi connectivity index (χ1) is 5.16. The van der Waals surface area contributed by atoms with E-state index in [1.807, 2.05) is 0 Å². The van der Waals surface area contributed by atoms with Crippen LogP contribution < -0.4 is 0 Å². The summed E-state index contributed by atoms with van der Waals surface area (Å²) in [6.07, 6.45) is 0. The highest BCUT2D eigenvalue weighted by molar-refractivity contribution is 6.31. The van der Waals surface area contributed by atoms with Gasteiger partial charge >= 0.3 is 0 Å². The standard InChI is InChI=1S/C8H5ClFN/c1-5-2-3-6(4-11)7(9)8(5)10/h2-3H,1H3. The molecule has 0 fully saturated rings. The fourth-order valence-corrected chi connectivity index (χ4v) is 0.987. The summed E-state index contributed by atoms with van der Waals surface area (Å²) in [5.41, 5.74) is 0.628. The molecule has 1 aromatic carbocycles. The number of nitrogens with zero attached hydrogens (tertiary/aromatic N) is 1. The molecule has 0 heterocycles. The first-order valence-corrected chi connectivity index (χ1v) is 3.39. The molecule has 0 unspecified atom stereocenters. The van der Waals surface area contributed by atoms with Crippen molar-refractivity contribution in [2.45, 2.75) is 6.92 Å². The topological polar surface area (TPSA) is 23.8 Å². The van der Waals surface area contributed by atoms with Crippen molar-refractivity contribution in [1.82, 2.24) is 0 Å². The third-order valence-corrected chi connectivity index (χ3v) is 1.77. The van der Waals surface area contributed by atoms with Crippen LogP contribution in [0.5, 0.6) is 0 Å². The zero-order chi connectivity index (χ0) is 8.43. The Hall–Kier alpha value is -1.07. The van der Waals surface area contributed by atoms with Gasteiger partial charge in [-0.1, -0.05) is 17.7 Å². The molecule has 0 saturated heterocycles. The SMILES string of the molecule is Cc1ccc(C#N)c(Cl)c1F. The molecule has 0 N–H and O–H groups in total. The minimum atomic E-state index is -0.509. The van der Waals surface area contributed by atoms with Gasteiger partial charge in [0.1, 0.15) is 11.9 Å². The second-order valence-electron chi connectivity index (χ2n) is 2.17. The summed E-state index contributed by atoms with van der Waals surface area (Å²) in [7, 11) is 0. The highest BCUT2D eigenvalue weighted by Crippen LogP contribution is 2.21. The van der Waals surface area contributed by atoms with Gasteiger partial charge in [-0.15, -0.1) is 0 Å². The van der Waals surface area contributed by atoms with Gasteiger partial charge in [-0.2, -0.15) is 5.26 Å². The quantitative estimate of drug-likeness (QED) is 0.586. The summed E-state index contributed by atoms with van der Waals surface area (Å²) in [5.74, 6) is -0.509. The smallest absolute Gasteiger partial charge is 0.146 e. The van der Waals surface area contributed by atoms with E-state index in [0.29, 0.717) is 5.56 Å². The first-order valence-electron chi connectivity index (χ1n) is 3.01. The number of halogens is 2. The van der Waals surface area contributed by atoms with E-state index in [-0.39, 0.29) is 10.6 Å². The van der Waals surface area contributed by atoms with Crippen molar-refractivity contribution in [3.05, 3.63) is 34.1 Å². The van der Waals surface area contributed by atoms with Gasteiger partial charge in [0.15, 0.2) is 0 Å². The predicted octanol–water partition coefficient (Wildman–Crippen LogP) is 2.66. The van der Waals surface area contributed by atoms with Crippen LogP contribution in [0.15, 0.2) is 12.1 Å². The summed E-state index contributed by atoms with van der Waals surface area (Å²) < 4.78 is 12.9. The predicted molar refractivity (Wildman–Crippen MR) is 40.9 cm³/mol. The molecule has 0 amide bonds. The molecule has 0 aliphatic carbocycles. The number of hydrogen-bond acceptors (Lipinski definition) is 1. The summed E-state index contributed by atoms with van der Waals surface area (Å²) in [4.78, 5) is 0. The minimum absolute atomic E-state index is 0.0903. The van der Waals surface area contributed by atoms with Gasteiger partial charge in [0.05, 0.1) is 10.6 Å². The lowest BCUT2D eigenvalue weighted by atomic mass is 10.1. The van der Waals surface area contributed by atoms with Gasteiger partial charge in [-0.05, 0) is 18.6 Å². The fraction of sp³-hybridized carbons (Fsp3) is 0.125. The largest absolute Gasteiger partial charge is 0.205 e. The summed E-state index contributed by atoms with van der Waals surface area (Å²) >= 11 is 5.50. The Morgan fingerprint density at radius 2 is 2.18 bits per heavy atom. The highest BCUT2D eigenvalue weighted by atomic mass is 35.5. The van der Waals surface area contributed by atoms with Gasteiger partial charge in [-0.3, -0.25) is 0 Å². The van der Waals surface area contributed by atoms with Crippen LogP contribution in [0.1, 0.15) is 11.1 Å². The van der Waals surface area contributed by atoms with Crippen LogP contribution in [0.4, 0.5) is 4.39 Å². The number of rotatable bonds is 0. The lowest BCUT2D eigenvalue weighted by Gasteiger charge is -1.98. The van der Waals surface area contributed by atoms with Crippen molar-refractivity contribution >= 4 is 11.6 Å².